The number of aromatic nitrogens is 4. The number of hydrogen-bond donors (Lipinski definition) is 1. The van der Waals surface area contributed by atoms with E-state index in [0.29, 0.717) is 17.9 Å². The molecule has 0 bridgehead atoms. The first kappa shape index (κ1) is 21.9. The summed E-state index contributed by atoms with van der Waals surface area (Å²) in [6, 6.07) is 20.8. The number of nitrogens with one attached hydrogen (secondary N) is 1. The van der Waals surface area contributed by atoms with E-state index in [0.717, 1.165) is 29.5 Å². The summed E-state index contributed by atoms with van der Waals surface area (Å²) in [6.45, 7) is 0.370. The lowest BCUT2D eigenvalue weighted by molar-refractivity contribution is -0.137. The molecule has 1 aromatic heterocycles. The Morgan fingerprint density at radius 2 is 1.76 bits per heavy atom. The Hall–Kier alpha value is -4.34. The number of halogens is 3. The third-order valence-electron chi connectivity index (χ3n) is 4.62. The van der Waals surface area contributed by atoms with Gasteiger partial charge in [0.05, 0.1) is 18.3 Å². The number of alkyl halides is 3. The molecule has 0 aliphatic rings. The van der Waals surface area contributed by atoms with Crippen molar-refractivity contribution in [2.45, 2.75) is 12.7 Å². The fourth-order valence-electron chi connectivity index (χ4n) is 2.96. The Labute approximate surface area is 186 Å². The summed E-state index contributed by atoms with van der Waals surface area (Å²) in [5.41, 5.74) is 3.80. The average molecular weight is 450 g/mol. The zero-order valence-electron chi connectivity index (χ0n) is 17.1. The maximum atomic E-state index is 12.8. The highest BCUT2D eigenvalue weighted by Crippen LogP contribution is 2.29. The highest BCUT2D eigenvalue weighted by atomic mass is 19.4. The molecule has 10 heteroatoms. The smallest absolute Gasteiger partial charge is 0.267 e. The summed E-state index contributed by atoms with van der Waals surface area (Å²) < 4.78 is 38.3. The zero-order chi connectivity index (χ0) is 23.3. The van der Waals surface area contributed by atoms with Crippen molar-refractivity contribution in [1.29, 1.82) is 0 Å². The summed E-state index contributed by atoms with van der Waals surface area (Å²) in [6.07, 6.45) is -3.29. The number of hydrazone groups is 1. The van der Waals surface area contributed by atoms with Crippen LogP contribution in [0.3, 0.4) is 0 Å². The quantitative estimate of drug-likeness (QED) is 0.353. The molecule has 0 atom stereocenters. The van der Waals surface area contributed by atoms with E-state index in [9.17, 15) is 18.0 Å². The van der Waals surface area contributed by atoms with E-state index in [1.807, 2.05) is 30.3 Å². The average Bonchev–Trinajstić information content (AvgIpc) is 3.28. The Kier molecular flexibility index (Phi) is 6.25. The lowest BCUT2D eigenvalue weighted by Crippen LogP contribution is -2.17. The van der Waals surface area contributed by atoms with E-state index >= 15 is 0 Å². The number of benzene rings is 3. The molecule has 4 aromatic rings. The van der Waals surface area contributed by atoms with E-state index in [4.69, 9.17) is 0 Å². The van der Waals surface area contributed by atoms with Gasteiger partial charge in [0, 0.05) is 11.1 Å². The molecule has 0 unspecified atom stereocenters. The van der Waals surface area contributed by atoms with Gasteiger partial charge in [-0.3, -0.25) is 4.79 Å². The van der Waals surface area contributed by atoms with E-state index in [2.05, 4.69) is 25.9 Å². The first-order chi connectivity index (χ1) is 15.9. The van der Waals surface area contributed by atoms with Crippen molar-refractivity contribution < 1.29 is 18.0 Å². The molecule has 3 aromatic carbocycles. The highest BCUT2D eigenvalue weighted by molar-refractivity contribution is 5.94. The second kappa shape index (κ2) is 9.43. The number of carbonyl (C=O) groups excluding carboxylic acids is 1. The van der Waals surface area contributed by atoms with Gasteiger partial charge >= 0.3 is 6.18 Å². The van der Waals surface area contributed by atoms with Gasteiger partial charge in [-0.1, -0.05) is 54.6 Å². The lowest BCUT2D eigenvalue weighted by Gasteiger charge is -2.06. The van der Waals surface area contributed by atoms with E-state index in [1.165, 1.54) is 16.9 Å². The number of rotatable bonds is 6. The molecule has 0 fully saturated rings. The van der Waals surface area contributed by atoms with Gasteiger partial charge in [-0.15, -0.1) is 10.2 Å². The summed E-state index contributed by atoms with van der Waals surface area (Å²) in [5, 5.41) is 16.2. The third-order valence-corrected chi connectivity index (χ3v) is 4.62. The predicted molar refractivity (Wildman–Crippen MR) is 115 cm³/mol. The Morgan fingerprint density at radius 3 is 2.48 bits per heavy atom. The van der Waals surface area contributed by atoms with Crippen molar-refractivity contribution in [1.82, 2.24) is 25.6 Å². The molecule has 0 saturated heterocycles. The van der Waals surface area contributed by atoms with Crippen molar-refractivity contribution in [3.63, 3.8) is 0 Å². The molecule has 33 heavy (non-hydrogen) atoms. The van der Waals surface area contributed by atoms with Gasteiger partial charge in [-0.2, -0.15) is 23.1 Å². The second-order valence-corrected chi connectivity index (χ2v) is 7.03. The van der Waals surface area contributed by atoms with Crippen LogP contribution in [0.2, 0.25) is 0 Å². The standard InChI is InChI=1S/C23H17F3N6O/c24-23(25,26)20-8-4-5-17(13-20)14-27-29-22(33)19-11-9-16(10-12-19)15-32-30-21(28-31-32)18-6-2-1-3-7-18/h1-14H,15H2,(H,29,33)/b27-14+. The molecule has 0 aliphatic carbocycles. The third kappa shape index (κ3) is 5.67. The molecule has 1 amide bonds. The number of tetrazole rings is 1. The summed E-state index contributed by atoms with van der Waals surface area (Å²) in [7, 11) is 0. The maximum Gasteiger partial charge on any atom is 0.416 e. The molecule has 7 nitrogen and oxygen atoms in total. The Balaban J connectivity index is 1.35. The van der Waals surface area contributed by atoms with Crippen LogP contribution < -0.4 is 5.43 Å². The first-order valence-electron chi connectivity index (χ1n) is 9.81. The largest absolute Gasteiger partial charge is 0.416 e. The Morgan fingerprint density at radius 1 is 1.00 bits per heavy atom. The van der Waals surface area contributed by atoms with Gasteiger partial charge in [0.15, 0.2) is 0 Å². The van der Waals surface area contributed by atoms with Crippen molar-refractivity contribution in [2.24, 2.45) is 5.10 Å². The minimum Gasteiger partial charge on any atom is -0.267 e. The van der Waals surface area contributed by atoms with Crippen LogP contribution in [0.15, 0.2) is 84.0 Å². The minimum absolute atomic E-state index is 0.218. The number of amides is 1. The fourth-order valence-corrected chi connectivity index (χ4v) is 2.96. The zero-order valence-corrected chi connectivity index (χ0v) is 17.1. The SMILES string of the molecule is O=C(N/N=C/c1cccc(C(F)(F)F)c1)c1ccc(Cn2nnc(-c3ccccc3)n2)cc1. The number of hydrogen-bond acceptors (Lipinski definition) is 5. The van der Waals surface area contributed by atoms with Crippen LogP contribution >= 0.6 is 0 Å². The molecule has 1 heterocycles. The number of carbonyl (C=O) groups is 1. The van der Waals surface area contributed by atoms with Crippen LogP contribution in [-0.2, 0) is 12.7 Å². The molecular weight excluding hydrogens is 433 g/mol. The Bertz CT molecular complexity index is 1270. The van der Waals surface area contributed by atoms with Gasteiger partial charge in [-0.25, -0.2) is 5.43 Å². The monoisotopic (exact) mass is 450 g/mol. The van der Waals surface area contributed by atoms with Gasteiger partial charge in [0.2, 0.25) is 5.82 Å². The first-order valence-corrected chi connectivity index (χ1v) is 9.81. The topological polar surface area (TPSA) is 85.1 Å². The van der Waals surface area contributed by atoms with Crippen LogP contribution in [-0.4, -0.2) is 32.3 Å². The van der Waals surface area contributed by atoms with E-state index < -0.39 is 17.6 Å². The van der Waals surface area contributed by atoms with Crippen LogP contribution in [0.25, 0.3) is 11.4 Å². The second-order valence-electron chi connectivity index (χ2n) is 7.03. The minimum atomic E-state index is -4.44. The van der Waals surface area contributed by atoms with E-state index in [-0.39, 0.29) is 5.56 Å². The van der Waals surface area contributed by atoms with Crippen LogP contribution in [0.1, 0.15) is 27.0 Å². The van der Waals surface area contributed by atoms with Crippen LogP contribution in [0.4, 0.5) is 13.2 Å². The lowest BCUT2D eigenvalue weighted by atomic mass is 10.1. The highest BCUT2D eigenvalue weighted by Gasteiger charge is 2.30. The molecule has 0 radical (unpaired) electrons. The molecule has 1 N–H and O–H groups in total. The normalized spacial score (nSPS) is 11.6. The number of nitrogens with zero attached hydrogens (tertiary/aromatic N) is 5. The molecule has 166 valence electrons. The summed E-state index contributed by atoms with van der Waals surface area (Å²) in [4.78, 5) is 13.7. The van der Waals surface area contributed by atoms with Gasteiger partial charge in [0.25, 0.3) is 5.91 Å². The van der Waals surface area contributed by atoms with Crippen molar-refractivity contribution in [3.05, 3.63) is 101 Å². The summed E-state index contributed by atoms with van der Waals surface area (Å²) in [5.74, 6) is 0.0280. The molecular formula is C23H17F3N6O. The van der Waals surface area contributed by atoms with Crippen LogP contribution in [0, 0.1) is 0 Å². The molecule has 0 spiro atoms. The van der Waals surface area contributed by atoms with Gasteiger partial charge < -0.3 is 0 Å². The maximum absolute atomic E-state index is 12.8. The molecule has 4 rings (SSSR count). The van der Waals surface area contributed by atoms with Crippen molar-refractivity contribution in [3.8, 4) is 11.4 Å². The van der Waals surface area contributed by atoms with Gasteiger partial charge in [0.1, 0.15) is 0 Å². The predicted octanol–water partition coefficient (Wildman–Crippen LogP) is 4.17. The summed E-state index contributed by atoms with van der Waals surface area (Å²) >= 11 is 0. The van der Waals surface area contributed by atoms with Gasteiger partial charge in [-0.05, 0) is 40.6 Å². The molecule has 0 saturated carbocycles. The van der Waals surface area contributed by atoms with E-state index in [1.54, 1.807) is 24.3 Å². The fraction of sp³-hybridized carbons (Fsp3) is 0.0870. The van der Waals surface area contributed by atoms with Crippen molar-refractivity contribution in [2.75, 3.05) is 0 Å². The van der Waals surface area contributed by atoms with Crippen LogP contribution in [0.5, 0.6) is 0 Å². The van der Waals surface area contributed by atoms with Crippen molar-refractivity contribution >= 4 is 12.1 Å². The molecule has 0 aliphatic heterocycles.